The molecule has 0 aliphatic rings. The van der Waals surface area contributed by atoms with E-state index in [4.69, 9.17) is 11.6 Å². The van der Waals surface area contributed by atoms with Crippen molar-refractivity contribution in [2.24, 2.45) is 0 Å². The fourth-order valence-electron chi connectivity index (χ4n) is 1.22. The Bertz CT molecular complexity index is 455. The molecular formula is C8H5BrClIN2. The summed E-state index contributed by atoms with van der Waals surface area (Å²) in [5, 5.41) is 0. The number of alkyl halides is 1. The summed E-state index contributed by atoms with van der Waals surface area (Å²) in [5.41, 5.74) is 3.12. The Morgan fingerprint density at radius 3 is 3.00 bits per heavy atom. The van der Waals surface area contributed by atoms with Crippen LogP contribution in [-0.2, 0) is 5.88 Å². The lowest BCUT2D eigenvalue weighted by molar-refractivity contribution is 1.31. The average Bonchev–Trinajstić information content (AvgIpc) is 2.47. The van der Waals surface area contributed by atoms with Crippen molar-refractivity contribution >= 4 is 61.4 Å². The molecule has 5 heteroatoms. The second-order valence-electron chi connectivity index (χ2n) is 2.62. The van der Waals surface area contributed by atoms with E-state index in [9.17, 15) is 0 Å². The summed E-state index contributed by atoms with van der Waals surface area (Å²) in [4.78, 5) is 4.28. The Hall–Kier alpha value is 0.190. The highest BCUT2D eigenvalue weighted by Crippen LogP contribution is 2.25. The lowest BCUT2D eigenvalue weighted by Crippen LogP contribution is -1.83. The largest absolute Gasteiger partial charge is 0.271 e. The SMILES string of the molecule is ClCc1cc(Br)cc2c1ncn2I. The number of benzene rings is 1. The van der Waals surface area contributed by atoms with Gasteiger partial charge in [0.2, 0.25) is 0 Å². The number of halogens is 3. The number of rotatable bonds is 1. The molecule has 0 atom stereocenters. The summed E-state index contributed by atoms with van der Waals surface area (Å²) in [7, 11) is 0. The lowest BCUT2D eigenvalue weighted by Gasteiger charge is -1.99. The third kappa shape index (κ3) is 1.71. The third-order valence-corrected chi connectivity index (χ3v) is 3.31. The number of hydrogen-bond donors (Lipinski definition) is 0. The molecule has 2 nitrogen and oxygen atoms in total. The van der Waals surface area contributed by atoms with E-state index in [2.05, 4.69) is 43.8 Å². The highest BCUT2D eigenvalue weighted by Gasteiger charge is 2.06. The molecule has 13 heavy (non-hydrogen) atoms. The van der Waals surface area contributed by atoms with Gasteiger partial charge in [-0.25, -0.2) is 4.98 Å². The Balaban J connectivity index is 2.84. The van der Waals surface area contributed by atoms with E-state index >= 15 is 0 Å². The molecule has 68 valence electrons. The molecule has 0 aliphatic carbocycles. The highest BCUT2D eigenvalue weighted by atomic mass is 127. The first-order valence-electron chi connectivity index (χ1n) is 3.60. The van der Waals surface area contributed by atoms with E-state index in [-0.39, 0.29) is 0 Å². The minimum absolute atomic E-state index is 0.490. The minimum atomic E-state index is 0.490. The van der Waals surface area contributed by atoms with E-state index in [1.807, 2.05) is 14.9 Å². The van der Waals surface area contributed by atoms with Crippen molar-refractivity contribution in [1.29, 1.82) is 0 Å². The predicted molar refractivity (Wildman–Crippen MR) is 66.4 cm³/mol. The van der Waals surface area contributed by atoms with E-state index in [1.165, 1.54) is 0 Å². The van der Waals surface area contributed by atoms with Crippen LogP contribution >= 0.6 is 50.4 Å². The molecule has 0 radical (unpaired) electrons. The number of nitrogens with zero attached hydrogens (tertiary/aromatic N) is 2. The first-order chi connectivity index (χ1) is 6.22. The van der Waals surface area contributed by atoms with Crippen LogP contribution in [0.15, 0.2) is 22.9 Å². The van der Waals surface area contributed by atoms with Crippen molar-refractivity contribution in [3.8, 4) is 0 Å². The van der Waals surface area contributed by atoms with Gasteiger partial charge in [-0.05, 0) is 17.7 Å². The maximum absolute atomic E-state index is 5.81. The fourth-order valence-corrected chi connectivity index (χ4v) is 2.41. The second kappa shape index (κ2) is 3.74. The van der Waals surface area contributed by atoms with Crippen molar-refractivity contribution in [3.05, 3.63) is 28.5 Å². The first kappa shape index (κ1) is 9.73. The van der Waals surface area contributed by atoms with Crippen LogP contribution in [0.25, 0.3) is 11.0 Å². The molecule has 0 aliphatic heterocycles. The molecule has 0 amide bonds. The van der Waals surface area contributed by atoms with Gasteiger partial charge in [0.1, 0.15) is 6.33 Å². The fraction of sp³-hybridized carbons (Fsp3) is 0.125. The van der Waals surface area contributed by atoms with Crippen molar-refractivity contribution in [2.45, 2.75) is 5.88 Å². The van der Waals surface area contributed by atoms with Crippen molar-refractivity contribution < 1.29 is 0 Å². The zero-order valence-electron chi connectivity index (χ0n) is 6.47. The first-order valence-corrected chi connectivity index (χ1v) is 5.89. The molecule has 0 saturated carbocycles. The average molecular weight is 371 g/mol. The maximum Gasteiger partial charge on any atom is 0.105 e. The van der Waals surface area contributed by atoms with Gasteiger partial charge in [-0.3, -0.25) is 2.78 Å². The zero-order valence-corrected chi connectivity index (χ0v) is 11.0. The summed E-state index contributed by atoms with van der Waals surface area (Å²) in [6.07, 6.45) is 1.79. The van der Waals surface area contributed by atoms with E-state index in [0.29, 0.717) is 5.88 Å². The second-order valence-corrected chi connectivity index (χ2v) is 4.84. The summed E-state index contributed by atoms with van der Waals surface area (Å²) in [6, 6.07) is 4.03. The Morgan fingerprint density at radius 2 is 2.31 bits per heavy atom. The van der Waals surface area contributed by atoms with Gasteiger partial charge in [0.15, 0.2) is 0 Å². The molecule has 0 bridgehead atoms. The van der Waals surface area contributed by atoms with Crippen molar-refractivity contribution in [2.75, 3.05) is 0 Å². The molecule has 0 spiro atoms. The van der Waals surface area contributed by atoms with E-state index in [0.717, 1.165) is 21.1 Å². The molecule has 1 aromatic carbocycles. The third-order valence-electron chi connectivity index (χ3n) is 1.80. The van der Waals surface area contributed by atoms with E-state index < -0.39 is 0 Å². The Morgan fingerprint density at radius 1 is 1.54 bits per heavy atom. The quantitative estimate of drug-likeness (QED) is 0.552. The summed E-state index contributed by atoms with van der Waals surface area (Å²) < 4.78 is 2.99. The van der Waals surface area contributed by atoms with Crippen LogP contribution < -0.4 is 0 Å². The van der Waals surface area contributed by atoms with Gasteiger partial charge in [0.05, 0.1) is 33.9 Å². The number of fused-ring (bicyclic) bond motifs is 1. The predicted octanol–water partition coefficient (Wildman–Crippen LogP) is 3.74. The molecule has 0 saturated heterocycles. The summed E-state index contributed by atoms with van der Waals surface area (Å²) in [5.74, 6) is 0.490. The summed E-state index contributed by atoms with van der Waals surface area (Å²) in [6.45, 7) is 0. The van der Waals surface area contributed by atoms with Crippen molar-refractivity contribution in [1.82, 2.24) is 7.76 Å². The van der Waals surface area contributed by atoms with Gasteiger partial charge in [-0.15, -0.1) is 11.6 Å². The van der Waals surface area contributed by atoms with E-state index in [1.54, 1.807) is 6.33 Å². The van der Waals surface area contributed by atoms with Crippen LogP contribution in [-0.4, -0.2) is 7.76 Å². The van der Waals surface area contributed by atoms with Crippen LogP contribution in [0.4, 0.5) is 0 Å². The van der Waals surface area contributed by atoms with Gasteiger partial charge in [-0.2, -0.15) is 0 Å². The smallest absolute Gasteiger partial charge is 0.105 e. The molecule has 0 unspecified atom stereocenters. The van der Waals surface area contributed by atoms with Crippen LogP contribution in [0.2, 0.25) is 0 Å². The molecule has 1 heterocycles. The number of imidazole rings is 1. The molecule has 1 aromatic heterocycles. The monoisotopic (exact) mass is 370 g/mol. The zero-order chi connectivity index (χ0) is 9.42. The molecule has 0 fully saturated rings. The number of aromatic nitrogens is 2. The van der Waals surface area contributed by atoms with Crippen molar-refractivity contribution in [3.63, 3.8) is 0 Å². The molecule has 2 aromatic rings. The standard InChI is InChI=1S/C8H5BrClIN2/c9-6-1-5(3-10)8-7(2-6)13(11)4-12-8/h1-2,4H,3H2. The van der Waals surface area contributed by atoms with Gasteiger partial charge < -0.3 is 0 Å². The van der Waals surface area contributed by atoms with Crippen LogP contribution in [0, 0.1) is 0 Å². The minimum Gasteiger partial charge on any atom is -0.271 e. The molecule has 0 N–H and O–H groups in total. The Labute approximate surface area is 103 Å². The van der Waals surface area contributed by atoms with Gasteiger partial charge in [0.25, 0.3) is 0 Å². The van der Waals surface area contributed by atoms with Gasteiger partial charge >= 0.3 is 0 Å². The number of hydrogen-bond acceptors (Lipinski definition) is 1. The van der Waals surface area contributed by atoms with Crippen LogP contribution in [0.5, 0.6) is 0 Å². The maximum atomic E-state index is 5.81. The summed E-state index contributed by atoms with van der Waals surface area (Å²) >= 11 is 11.4. The normalized spacial score (nSPS) is 11.0. The highest BCUT2D eigenvalue weighted by molar-refractivity contribution is 14.1. The Kier molecular flexibility index (Phi) is 2.80. The topological polar surface area (TPSA) is 17.8 Å². The molecule has 2 rings (SSSR count). The molecular weight excluding hydrogens is 366 g/mol. The lowest BCUT2D eigenvalue weighted by atomic mass is 10.2. The van der Waals surface area contributed by atoms with Gasteiger partial charge in [-0.1, -0.05) is 15.9 Å². The van der Waals surface area contributed by atoms with Gasteiger partial charge in [0, 0.05) is 10.4 Å². The van der Waals surface area contributed by atoms with Crippen LogP contribution in [0.3, 0.4) is 0 Å². The van der Waals surface area contributed by atoms with Crippen LogP contribution in [0.1, 0.15) is 5.56 Å².